The molecule has 1 atom stereocenters. The maximum atomic E-state index is 5.51. The topological polar surface area (TPSA) is 61.3 Å². The van der Waals surface area contributed by atoms with E-state index in [1.54, 1.807) is 13.2 Å². The molecule has 2 N–H and O–H groups in total. The first kappa shape index (κ1) is 11.7. The van der Waals surface area contributed by atoms with E-state index in [2.05, 4.69) is 17.3 Å². The van der Waals surface area contributed by atoms with Gasteiger partial charge in [-0.1, -0.05) is 23.4 Å². The van der Waals surface area contributed by atoms with E-state index in [-0.39, 0.29) is 6.10 Å². The van der Waals surface area contributed by atoms with Gasteiger partial charge in [0, 0.05) is 18.7 Å². The summed E-state index contributed by atoms with van der Waals surface area (Å²) in [6.07, 6.45) is 1.07. The number of nitrogens with zero attached hydrogens (tertiary/aromatic N) is 1. The van der Waals surface area contributed by atoms with Crippen LogP contribution in [0.1, 0.15) is 12.5 Å². The Morgan fingerprint density at radius 3 is 2.88 bits per heavy atom. The second-order valence-corrected chi connectivity index (χ2v) is 4.07. The minimum absolute atomic E-state index is 0.202. The summed E-state index contributed by atoms with van der Waals surface area (Å²) in [5.74, 6) is 0.329. The molecule has 0 fully saturated rings. The Morgan fingerprint density at radius 2 is 2.24 bits per heavy atom. The van der Waals surface area contributed by atoms with Gasteiger partial charge in [0.1, 0.15) is 5.69 Å². The molecule has 17 heavy (non-hydrogen) atoms. The first-order valence-corrected chi connectivity index (χ1v) is 5.53. The zero-order chi connectivity index (χ0) is 12.3. The number of aromatic nitrogens is 1. The van der Waals surface area contributed by atoms with Crippen LogP contribution in [0.2, 0.25) is 0 Å². The quantitative estimate of drug-likeness (QED) is 0.879. The lowest BCUT2D eigenvalue weighted by atomic mass is 10.0. The SMILES string of the molecule is COC(C)Cc1cccc(-c2cc(N)on2)c1. The summed E-state index contributed by atoms with van der Waals surface area (Å²) in [5.41, 5.74) is 8.48. The Labute approximate surface area is 100 Å². The van der Waals surface area contributed by atoms with Crippen molar-refractivity contribution in [3.05, 3.63) is 35.9 Å². The van der Waals surface area contributed by atoms with Crippen molar-refractivity contribution in [1.29, 1.82) is 0 Å². The van der Waals surface area contributed by atoms with Crippen LogP contribution < -0.4 is 5.73 Å². The molecule has 0 amide bonds. The monoisotopic (exact) mass is 232 g/mol. The van der Waals surface area contributed by atoms with E-state index in [4.69, 9.17) is 15.0 Å². The van der Waals surface area contributed by atoms with Gasteiger partial charge < -0.3 is 15.0 Å². The largest absolute Gasteiger partial charge is 0.381 e. The Hall–Kier alpha value is -1.81. The van der Waals surface area contributed by atoms with Crippen LogP contribution in [-0.2, 0) is 11.2 Å². The van der Waals surface area contributed by atoms with E-state index in [1.165, 1.54) is 5.56 Å². The smallest absolute Gasteiger partial charge is 0.222 e. The predicted octanol–water partition coefficient (Wildman–Crippen LogP) is 2.50. The second-order valence-electron chi connectivity index (χ2n) is 4.07. The van der Waals surface area contributed by atoms with Gasteiger partial charge in [0.05, 0.1) is 6.10 Å². The van der Waals surface area contributed by atoms with E-state index < -0.39 is 0 Å². The first-order valence-electron chi connectivity index (χ1n) is 5.53. The predicted molar refractivity (Wildman–Crippen MR) is 66.5 cm³/mol. The number of anilines is 1. The zero-order valence-corrected chi connectivity index (χ0v) is 10.0. The Morgan fingerprint density at radius 1 is 1.41 bits per heavy atom. The van der Waals surface area contributed by atoms with Crippen LogP contribution in [-0.4, -0.2) is 18.4 Å². The maximum absolute atomic E-state index is 5.51. The molecule has 0 radical (unpaired) electrons. The summed E-state index contributed by atoms with van der Waals surface area (Å²) in [6.45, 7) is 2.04. The number of ether oxygens (including phenoxy) is 1. The average molecular weight is 232 g/mol. The number of rotatable bonds is 4. The average Bonchev–Trinajstić information content (AvgIpc) is 2.76. The zero-order valence-electron chi connectivity index (χ0n) is 10.0. The van der Waals surface area contributed by atoms with Crippen LogP contribution >= 0.6 is 0 Å². The Balaban J connectivity index is 2.22. The van der Waals surface area contributed by atoms with Gasteiger partial charge in [0.15, 0.2) is 0 Å². The fourth-order valence-electron chi connectivity index (χ4n) is 1.70. The highest BCUT2D eigenvalue weighted by atomic mass is 16.5. The number of hydrogen-bond acceptors (Lipinski definition) is 4. The molecule has 90 valence electrons. The molecule has 1 unspecified atom stereocenters. The molecule has 0 saturated heterocycles. The minimum atomic E-state index is 0.202. The van der Waals surface area contributed by atoms with Crippen LogP contribution in [0.4, 0.5) is 5.88 Å². The lowest BCUT2D eigenvalue weighted by Gasteiger charge is -2.09. The Kier molecular flexibility index (Phi) is 3.44. The molecule has 2 rings (SSSR count). The summed E-state index contributed by atoms with van der Waals surface area (Å²) in [5, 5.41) is 3.90. The third kappa shape index (κ3) is 2.85. The third-order valence-electron chi connectivity index (χ3n) is 2.68. The molecule has 0 saturated carbocycles. The molecule has 0 bridgehead atoms. The number of nitrogens with two attached hydrogens (primary N) is 1. The fourth-order valence-corrected chi connectivity index (χ4v) is 1.70. The summed E-state index contributed by atoms with van der Waals surface area (Å²) in [6, 6.07) is 9.85. The molecule has 2 aromatic rings. The Bertz CT molecular complexity index is 494. The van der Waals surface area contributed by atoms with E-state index in [1.807, 2.05) is 19.1 Å². The normalized spacial score (nSPS) is 12.6. The van der Waals surface area contributed by atoms with Gasteiger partial charge >= 0.3 is 0 Å². The van der Waals surface area contributed by atoms with Crippen LogP contribution in [0.25, 0.3) is 11.3 Å². The highest BCUT2D eigenvalue weighted by Gasteiger charge is 2.06. The van der Waals surface area contributed by atoms with Crippen LogP contribution in [0.15, 0.2) is 34.9 Å². The van der Waals surface area contributed by atoms with Crippen molar-refractivity contribution >= 4 is 5.88 Å². The van der Waals surface area contributed by atoms with E-state index in [0.29, 0.717) is 5.88 Å². The van der Waals surface area contributed by atoms with Gasteiger partial charge in [-0.3, -0.25) is 0 Å². The van der Waals surface area contributed by atoms with Crippen molar-refractivity contribution in [2.24, 2.45) is 0 Å². The molecular weight excluding hydrogens is 216 g/mol. The highest BCUT2D eigenvalue weighted by Crippen LogP contribution is 2.21. The molecule has 4 nitrogen and oxygen atoms in total. The van der Waals surface area contributed by atoms with Gasteiger partial charge in [-0.2, -0.15) is 0 Å². The van der Waals surface area contributed by atoms with Crippen LogP contribution in [0.5, 0.6) is 0 Å². The lowest BCUT2D eigenvalue weighted by molar-refractivity contribution is 0.119. The number of benzene rings is 1. The standard InChI is InChI=1S/C13H16N2O2/c1-9(16-2)6-10-4-3-5-11(7-10)12-8-13(14)17-15-12/h3-5,7-9H,6,14H2,1-2H3. The fraction of sp³-hybridized carbons (Fsp3) is 0.308. The van der Waals surface area contributed by atoms with Gasteiger partial charge in [0.25, 0.3) is 0 Å². The van der Waals surface area contributed by atoms with E-state index >= 15 is 0 Å². The van der Waals surface area contributed by atoms with Gasteiger partial charge in [-0.25, -0.2) is 0 Å². The summed E-state index contributed by atoms with van der Waals surface area (Å²) < 4.78 is 10.1. The maximum Gasteiger partial charge on any atom is 0.222 e. The van der Waals surface area contributed by atoms with Crippen molar-refractivity contribution in [2.45, 2.75) is 19.4 Å². The van der Waals surface area contributed by atoms with Crippen molar-refractivity contribution in [3.8, 4) is 11.3 Å². The van der Waals surface area contributed by atoms with Gasteiger partial charge in [0.2, 0.25) is 5.88 Å². The first-order chi connectivity index (χ1) is 8.19. The molecule has 1 heterocycles. The van der Waals surface area contributed by atoms with Crippen LogP contribution in [0.3, 0.4) is 0 Å². The van der Waals surface area contributed by atoms with Gasteiger partial charge in [-0.05, 0) is 25.0 Å². The molecule has 1 aromatic heterocycles. The van der Waals surface area contributed by atoms with Crippen molar-refractivity contribution in [3.63, 3.8) is 0 Å². The molecule has 0 spiro atoms. The molecule has 0 aliphatic rings. The molecule has 0 aliphatic heterocycles. The summed E-state index contributed by atoms with van der Waals surface area (Å²) in [7, 11) is 1.72. The number of nitrogen functional groups attached to an aromatic ring is 1. The van der Waals surface area contributed by atoms with Gasteiger partial charge in [-0.15, -0.1) is 0 Å². The van der Waals surface area contributed by atoms with Crippen molar-refractivity contribution in [1.82, 2.24) is 5.16 Å². The van der Waals surface area contributed by atoms with E-state index in [0.717, 1.165) is 17.7 Å². The summed E-state index contributed by atoms with van der Waals surface area (Å²) >= 11 is 0. The lowest BCUT2D eigenvalue weighted by Crippen LogP contribution is -2.08. The number of methoxy groups -OCH3 is 1. The molecule has 0 aliphatic carbocycles. The number of hydrogen-bond donors (Lipinski definition) is 1. The highest BCUT2D eigenvalue weighted by molar-refractivity contribution is 5.61. The minimum Gasteiger partial charge on any atom is -0.381 e. The van der Waals surface area contributed by atoms with Crippen LogP contribution in [0, 0.1) is 0 Å². The molecular formula is C13H16N2O2. The molecule has 1 aromatic carbocycles. The molecule has 4 heteroatoms. The van der Waals surface area contributed by atoms with E-state index in [9.17, 15) is 0 Å². The van der Waals surface area contributed by atoms with Crippen molar-refractivity contribution in [2.75, 3.05) is 12.8 Å². The van der Waals surface area contributed by atoms with Crippen molar-refractivity contribution < 1.29 is 9.26 Å². The summed E-state index contributed by atoms with van der Waals surface area (Å²) in [4.78, 5) is 0. The third-order valence-corrected chi connectivity index (χ3v) is 2.68. The second kappa shape index (κ2) is 5.01.